The Hall–Kier alpha value is -1.70. The zero-order valence-electron chi connectivity index (χ0n) is 14.0. The van der Waals surface area contributed by atoms with Gasteiger partial charge in [-0.25, -0.2) is 4.98 Å². The van der Waals surface area contributed by atoms with Crippen molar-refractivity contribution in [2.24, 2.45) is 5.92 Å². The number of aliphatic hydroxyl groups excluding tert-OH is 1. The van der Waals surface area contributed by atoms with Gasteiger partial charge in [-0.15, -0.1) is 12.4 Å². The molecule has 1 aliphatic rings. The van der Waals surface area contributed by atoms with Crippen LogP contribution in [0.25, 0.3) is 11.1 Å². The van der Waals surface area contributed by atoms with E-state index in [0.717, 1.165) is 5.69 Å². The van der Waals surface area contributed by atoms with Crippen molar-refractivity contribution in [3.05, 3.63) is 23.0 Å². The summed E-state index contributed by atoms with van der Waals surface area (Å²) in [5, 5.41) is 20.6. The van der Waals surface area contributed by atoms with Crippen LogP contribution in [0.3, 0.4) is 0 Å². The predicted octanol–water partition coefficient (Wildman–Crippen LogP) is 1.39. The lowest BCUT2D eigenvalue weighted by Crippen LogP contribution is -2.34. The second kappa shape index (κ2) is 7.46. The number of hydrogen-bond donors (Lipinski definition) is 3. The van der Waals surface area contributed by atoms with Crippen molar-refractivity contribution in [1.29, 1.82) is 0 Å². The van der Waals surface area contributed by atoms with E-state index in [2.05, 4.69) is 20.8 Å². The molecule has 2 atom stereocenters. The first-order chi connectivity index (χ1) is 11.0. The van der Waals surface area contributed by atoms with E-state index in [1.807, 2.05) is 20.8 Å². The first kappa shape index (κ1) is 18.6. The van der Waals surface area contributed by atoms with Crippen LogP contribution in [-0.2, 0) is 0 Å². The summed E-state index contributed by atoms with van der Waals surface area (Å²) in [7, 11) is 0. The van der Waals surface area contributed by atoms with Crippen LogP contribution in [0.4, 0.5) is 0 Å². The molecule has 3 N–H and O–H groups in total. The van der Waals surface area contributed by atoms with Gasteiger partial charge in [-0.1, -0.05) is 19.0 Å². The lowest BCUT2D eigenvalue weighted by atomic mass is 10.0. The van der Waals surface area contributed by atoms with Gasteiger partial charge in [0.15, 0.2) is 0 Å². The molecule has 0 aliphatic carbocycles. The number of pyridine rings is 1. The molecule has 0 radical (unpaired) electrons. The lowest BCUT2D eigenvalue weighted by molar-refractivity contribution is 0.0928. The number of carbonyl (C=O) groups is 1. The van der Waals surface area contributed by atoms with Crippen LogP contribution >= 0.6 is 12.4 Å². The van der Waals surface area contributed by atoms with Gasteiger partial charge in [-0.05, 0) is 18.9 Å². The Balaban J connectivity index is 0.00000208. The quantitative estimate of drug-likeness (QED) is 0.767. The van der Waals surface area contributed by atoms with Crippen LogP contribution in [0.2, 0.25) is 0 Å². The van der Waals surface area contributed by atoms with E-state index in [0.29, 0.717) is 42.0 Å². The van der Waals surface area contributed by atoms with Gasteiger partial charge >= 0.3 is 0 Å². The van der Waals surface area contributed by atoms with E-state index in [1.54, 1.807) is 6.07 Å². The summed E-state index contributed by atoms with van der Waals surface area (Å²) >= 11 is 0. The molecule has 2 aromatic heterocycles. The molecule has 7 nitrogen and oxygen atoms in total. The van der Waals surface area contributed by atoms with Crippen molar-refractivity contribution in [2.75, 3.05) is 19.6 Å². The highest BCUT2D eigenvalue weighted by Gasteiger charge is 2.26. The largest absolute Gasteiger partial charge is 0.391 e. The number of carbonyl (C=O) groups excluding carboxylic acids is 1. The van der Waals surface area contributed by atoms with Crippen molar-refractivity contribution >= 4 is 29.4 Å². The maximum absolute atomic E-state index is 12.6. The van der Waals surface area contributed by atoms with Gasteiger partial charge < -0.3 is 20.3 Å². The fourth-order valence-corrected chi connectivity index (χ4v) is 2.92. The molecule has 2 unspecified atom stereocenters. The summed E-state index contributed by atoms with van der Waals surface area (Å²) in [5.74, 6) is -0.0257. The third kappa shape index (κ3) is 3.53. The third-order valence-electron chi connectivity index (χ3n) is 4.22. The van der Waals surface area contributed by atoms with Gasteiger partial charge in [0.1, 0.15) is 0 Å². The zero-order chi connectivity index (χ0) is 16.6. The Kier molecular flexibility index (Phi) is 5.79. The van der Waals surface area contributed by atoms with Crippen molar-refractivity contribution in [3.63, 3.8) is 0 Å². The molecule has 0 spiro atoms. The molecule has 1 amide bonds. The van der Waals surface area contributed by atoms with Gasteiger partial charge in [0.05, 0.1) is 22.7 Å². The molecule has 3 heterocycles. The molecule has 0 aromatic carbocycles. The van der Waals surface area contributed by atoms with E-state index < -0.39 is 6.10 Å². The van der Waals surface area contributed by atoms with Crippen LogP contribution in [0.5, 0.6) is 0 Å². The van der Waals surface area contributed by atoms with Gasteiger partial charge in [-0.3, -0.25) is 4.79 Å². The van der Waals surface area contributed by atoms with E-state index in [4.69, 9.17) is 4.52 Å². The summed E-state index contributed by atoms with van der Waals surface area (Å²) in [6.07, 6.45) is -0.420. The van der Waals surface area contributed by atoms with Crippen molar-refractivity contribution in [2.45, 2.75) is 32.8 Å². The minimum absolute atomic E-state index is 0. The van der Waals surface area contributed by atoms with Crippen LogP contribution in [0.15, 0.2) is 10.6 Å². The van der Waals surface area contributed by atoms with Crippen LogP contribution in [-0.4, -0.2) is 46.9 Å². The fourth-order valence-electron chi connectivity index (χ4n) is 2.92. The number of aryl methyl sites for hydroxylation is 1. The van der Waals surface area contributed by atoms with E-state index in [-0.39, 0.29) is 30.2 Å². The molecule has 3 rings (SSSR count). The number of aromatic nitrogens is 2. The fraction of sp³-hybridized carbons (Fsp3) is 0.562. The topological polar surface area (TPSA) is 100 Å². The number of nitrogens with zero attached hydrogens (tertiary/aromatic N) is 2. The summed E-state index contributed by atoms with van der Waals surface area (Å²) in [6, 6.07) is 1.75. The third-order valence-corrected chi connectivity index (χ3v) is 4.22. The molecule has 132 valence electrons. The van der Waals surface area contributed by atoms with E-state index in [9.17, 15) is 9.90 Å². The molecule has 1 fully saturated rings. The minimum Gasteiger partial charge on any atom is -0.391 e. The monoisotopic (exact) mass is 354 g/mol. The maximum Gasteiger partial charge on any atom is 0.259 e. The minimum atomic E-state index is -0.420. The Morgan fingerprint density at radius 3 is 2.88 bits per heavy atom. The molecule has 8 heteroatoms. The van der Waals surface area contributed by atoms with Gasteiger partial charge in [0.2, 0.25) is 0 Å². The van der Waals surface area contributed by atoms with Gasteiger partial charge in [-0.2, -0.15) is 0 Å². The normalized spacial score (nSPS) is 20.4. The standard InChI is InChI=1S/C16H22N4O3.ClH/c1-8(2)14-13-11(4-9(3)19-16(13)23-20-14)15(22)18-6-10-5-17-7-12(10)21;/h4,8,10,12,17,21H,5-7H2,1-3H3,(H,18,22);1H. The molecule has 24 heavy (non-hydrogen) atoms. The Bertz CT molecular complexity index is 731. The summed E-state index contributed by atoms with van der Waals surface area (Å²) in [4.78, 5) is 16.9. The Morgan fingerprint density at radius 2 is 2.25 bits per heavy atom. The number of nitrogens with one attached hydrogen (secondary N) is 2. The van der Waals surface area contributed by atoms with Crippen molar-refractivity contribution < 1.29 is 14.4 Å². The summed E-state index contributed by atoms with van der Waals surface area (Å²) in [5.41, 5.74) is 2.36. The number of aliphatic hydroxyl groups is 1. The number of fused-ring (bicyclic) bond motifs is 1. The smallest absolute Gasteiger partial charge is 0.259 e. The molecule has 0 saturated carbocycles. The molecule has 0 bridgehead atoms. The number of amides is 1. The number of β-amino-alcohol motifs (C(OH)–C–C–N with tert-alkyl or cyclic N) is 1. The Labute approximate surface area is 146 Å². The second-order valence-corrected chi connectivity index (χ2v) is 6.41. The molecule has 1 saturated heterocycles. The highest BCUT2D eigenvalue weighted by atomic mass is 35.5. The van der Waals surface area contributed by atoms with Crippen LogP contribution in [0, 0.1) is 12.8 Å². The first-order valence-corrected chi connectivity index (χ1v) is 7.91. The van der Waals surface area contributed by atoms with Crippen molar-refractivity contribution in [3.8, 4) is 0 Å². The zero-order valence-corrected chi connectivity index (χ0v) is 14.8. The predicted molar refractivity (Wildman–Crippen MR) is 92.6 cm³/mol. The molecular weight excluding hydrogens is 332 g/mol. The summed E-state index contributed by atoms with van der Waals surface area (Å²) in [6.45, 7) is 7.52. The number of rotatable bonds is 4. The number of hydrogen-bond acceptors (Lipinski definition) is 6. The van der Waals surface area contributed by atoms with E-state index >= 15 is 0 Å². The average Bonchev–Trinajstić information content (AvgIpc) is 3.09. The van der Waals surface area contributed by atoms with Crippen LogP contribution in [0.1, 0.15) is 41.5 Å². The van der Waals surface area contributed by atoms with Gasteiger partial charge in [0, 0.05) is 31.2 Å². The van der Waals surface area contributed by atoms with Crippen molar-refractivity contribution in [1.82, 2.24) is 20.8 Å². The average molecular weight is 355 g/mol. The highest BCUT2D eigenvalue weighted by molar-refractivity contribution is 6.06. The molecule has 2 aromatic rings. The second-order valence-electron chi connectivity index (χ2n) is 6.41. The first-order valence-electron chi connectivity index (χ1n) is 7.91. The molecular formula is C16H23ClN4O3. The lowest BCUT2D eigenvalue weighted by Gasteiger charge is -2.14. The SMILES string of the molecule is Cc1cc(C(=O)NCC2CNCC2O)c2c(C(C)C)noc2n1.Cl. The maximum atomic E-state index is 12.6. The van der Waals surface area contributed by atoms with Crippen LogP contribution < -0.4 is 10.6 Å². The Morgan fingerprint density at radius 1 is 1.50 bits per heavy atom. The highest BCUT2D eigenvalue weighted by Crippen LogP contribution is 2.27. The van der Waals surface area contributed by atoms with Gasteiger partial charge in [0.25, 0.3) is 11.6 Å². The summed E-state index contributed by atoms with van der Waals surface area (Å²) < 4.78 is 5.29. The molecule has 1 aliphatic heterocycles. The van der Waals surface area contributed by atoms with E-state index in [1.165, 1.54) is 0 Å². The number of halogens is 1.